The summed E-state index contributed by atoms with van der Waals surface area (Å²) in [5.41, 5.74) is 4.68. The van der Waals surface area contributed by atoms with Crippen molar-refractivity contribution in [1.82, 2.24) is 4.84 Å². The van der Waals surface area contributed by atoms with Gasteiger partial charge in [0.05, 0.1) is 6.61 Å². The van der Waals surface area contributed by atoms with Crippen molar-refractivity contribution in [2.45, 2.75) is 52.9 Å². The zero-order valence-corrected chi connectivity index (χ0v) is 13.1. The van der Waals surface area contributed by atoms with E-state index in [4.69, 9.17) is 16.5 Å². The van der Waals surface area contributed by atoms with E-state index in [1.807, 2.05) is 13.8 Å². The molecule has 1 N–H and O–H groups in total. The number of ether oxygens (including phenoxy) is 1. The van der Waals surface area contributed by atoms with Gasteiger partial charge in [0.25, 0.3) is 0 Å². The van der Waals surface area contributed by atoms with Crippen LogP contribution < -0.4 is 9.57 Å². The van der Waals surface area contributed by atoms with Crippen LogP contribution in [0.2, 0.25) is 0 Å². The molecule has 108 valence electrons. The molecule has 0 amide bonds. The van der Waals surface area contributed by atoms with E-state index in [0.717, 1.165) is 31.7 Å². The maximum atomic E-state index is 5.52. The number of fused-ring (bicyclic) bond motifs is 3. The Kier molecular flexibility index (Phi) is 7.92. The van der Waals surface area contributed by atoms with Crippen LogP contribution in [0.4, 0.5) is 0 Å². The fraction of sp³-hybridized carbons (Fsp3) is 0.625. The Morgan fingerprint density at radius 2 is 1.95 bits per heavy atom. The van der Waals surface area contributed by atoms with Crippen molar-refractivity contribution in [3.05, 3.63) is 28.8 Å². The quantitative estimate of drug-likeness (QED) is 0.818. The predicted octanol–water partition coefficient (Wildman–Crippen LogP) is 4.28. The first-order valence-electron chi connectivity index (χ1n) is 7.46. The zero-order chi connectivity index (χ0) is 14.1. The molecule has 1 aromatic rings. The average Bonchev–Trinajstić information content (AvgIpc) is 3.10. The predicted molar refractivity (Wildman–Crippen MR) is 83.2 cm³/mol. The summed E-state index contributed by atoms with van der Waals surface area (Å²) in [6, 6.07) is 4.39. The molecule has 19 heavy (non-hydrogen) atoms. The second kappa shape index (κ2) is 9.22. The summed E-state index contributed by atoms with van der Waals surface area (Å²) in [5, 5.41) is 0. The van der Waals surface area contributed by atoms with Gasteiger partial charge in [-0.05, 0) is 54.7 Å². The monoisotopic (exact) mass is 283 g/mol. The van der Waals surface area contributed by atoms with Gasteiger partial charge in [0, 0.05) is 18.5 Å². The van der Waals surface area contributed by atoms with Gasteiger partial charge in [-0.3, -0.25) is 0 Å². The highest BCUT2D eigenvalue weighted by Gasteiger charge is 2.21. The third-order valence-corrected chi connectivity index (χ3v) is 3.50. The van der Waals surface area contributed by atoms with Gasteiger partial charge in [0.1, 0.15) is 5.75 Å². The zero-order valence-electron chi connectivity index (χ0n) is 12.4. The maximum absolute atomic E-state index is 5.52. The van der Waals surface area contributed by atoms with E-state index in [9.17, 15) is 0 Å². The van der Waals surface area contributed by atoms with Gasteiger partial charge < -0.3 is 4.74 Å². The largest absolute Gasteiger partial charge is 0.493 e. The lowest BCUT2D eigenvalue weighted by Gasteiger charge is -2.04. The van der Waals surface area contributed by atoms with Gasteiger partial charge in [-0.15, -0.1) is 0 Å². The normalized spacial score (nSPS) is 14.3. The third-order valence-electron chi connectivity index (χ3n) is 3.31. The van der Waals surface area contributed by atoms with E-state index < -0.39 is 0 Å². The van der Waals surface area contributed by atoms with E-state index in [1.54, 1.807) is 11.1 Å². The van der Waals surface area contributed by atoms with Crippen LogP contribution in [0, 0.1) is 0 Å². The van der Waals surface area contributed by atoms with E-state index in [-0.39, 0.29) is 0 Å². The first-order valence-corrected chi connectivity index (χ1v) is 7.84. The van der Waals surface area contributed by atoms with Crippen molar-refractivity contribution in [2.24, 2.45) is 0 Å². The smallest absolute Gasteiger partial charge is 0.122 e. The minimum atomic E-state index is 0.895. The highest BCUT2D eigenvalue weighted by atomic mass is 35.5. The molecule has 0 aromatic heterocycles. The van der Waals surface area contributed by atoms with Crippen LogP contribution in [0.5, 0.6) is 5.75 Å². The number of benzene rings is 1. The van der Waals surface area contributed by atoms with Crippen molar-refractivity contribution < 1.29 is 4.74 Å². The molecule has 0 radical (unpaired) electrons. The molecule has 1 aliphatic heterocycles. The molecule has 0 spiro atoms. The maximum Gasteiger partial charge on any atom is 0.122 e. The minimum absolute atomic E-state index is 0.895. The standard InChI is InChI=1S/C11H12O.C3H8ClN.C2H6/c1-2-8-4-5-11-10(6-7-12-11)9(8)3-1;1-2-3-5-4;1-2/h4-5H,1-3,6-7H2;5H,2-3H2,1H3;1-2H3. The molecule has 3 rings (SSSR count). The Hall–Kier alpha value is -0.730. The number of nitrogens with one attached hydrogen (secondary N) is 1. The van der Waals surface area contributed by atoms with Gasteiger partial charge in [-0.1, -0.05) is 26.8 Å². The molecule has 2 nitrogen and oxygen atoms in total. The molecule has 1 aromatic carbocycles. The summed E-state index contributed by atoms with van der Waals surface area (Å²) >= 11 is 5.05. The first kappa shape index (κ1) is 16.3. The highest BCUT2D eigenvalue weighted by Crippen LogP contribution is 2.35. The summed E-state index contributed by atoms with van der Waals surface area (Å²) in [6.45, 7) is 7.86. The third kappa shape index (κ3) is 4.39. The number of aryl methyl sites for hydroxylation is 1. The number of hydrogen-bond acceptors (Lipinski definition) is 2. The lowest BCUT2D eigenvalue weighted by Crippen LogP contribution is -1.96. The lowest BCUT2D eigenvalue weighted by atomic mass is 10.0. The van der Waals surface area contributed by atoms with Gasteiger partial charge in [0.2, 0.25) is 0 Å². The Balaban J connectivity index is 0.000000223. The van der Waals surface area contributed by atoms with Gasteiger partial charge in [0.15, 0.2) is 0 Å². The fourth-order valence-electron chi connectivity index (χ4n) is 2.49. The molecular weight excluding hydrogens is 258 g/mol. The topological polar surface area (TPSA) is 21.3 Å². The number of rotatable bonds is 2. The molecule has 0 bridgehead atoms. The Morgan fingerprint density at radius 1 is 1.16 bits per heavy atom. The van der Waals surface area contributed by atoms with E-state index in [0.29, 0.717) is 0 Å². The second-order valence-corrected chi connectivity index (χ2v) is 4.78. The molecule has 1 aliphatic carbocycles. The molecule has 0 atom stereocenters. The first-order chi connectivity index (χ1) is 9.36. The van der Waals surface area contributed by atoms with Crippen LogP contribution in [-0.4, -0.2) is 13.2 Å². The minimum Gasteiger partial charge on any atom is -0.493 e. The van der Waals surface area contributed by atoms with Gasteiger partial charge in [-0.2, -0.15) is 0 Å². The van der Waals surface area contributed by atoms with Gasteiger partial charge in [-0.25, -0.2) is 4.84 Å². The molecule has 0 unspecified atom stereocenters. The van der Waals surface area contributed by atoms with Crippen LogP contribution in [-0.2, 0) is 19.3 Å². The van der Waals surface area contributed by atoms with Crippen LogP contribution >= 0.6 is 11.8 Å². The molecular formula is C16H26ClNO. The Labute approximate surface area is 122 Å². The van der Waals surface area contributed by atoms with E-state index >= 15 is 0 Å². The lowest BCUT2D eigenvalue weighted by molar-refractivity contribution is 0.357. The highest BCUT2D eigenvalue weighted by molar-refractivity contribution is 6.13. The SMILES string of the molecule is CC.CCCNCl.c1cc2c(c3c1CCC3)CCO2. The Bertz CT molecular complexity index is 344. The van der Waals surface area contributed by atoms with Gasteiger partial charge >= 0.3 is 0 Å². The van der Waals surface area contributed by atoms with Crippen LogP contribution in [0.1, 0.15) is 50.3 Å². The summed E-state index contributed by atoms with van der Waals surface area (Å²) in [5.74, 6) is 1.15. The second-order valence-electron chi connectivity index (χ2n) is 4.52. The summed E-state index contributed by atoms with van der Waals surface area (Å²) in [4.78, 5) is 2.49. The number of halogens is 1. The molecule has 0 saturated carbocycles. The van der Waals surface area contributed by atoms with Crippen LogP contribution in [0.3, 0.4) is 0 Å². The van der Waals surface area contributed by atoms with Crippen molar-refractivity contribution >= 4 is 11.8 Å². The average molecular weight is 284 g/mol. The van der Waals surface area contributed by atoms with Crippen molar-refractivity contribution in [3.8, 4) is 5.75 Å². The fourth-order valence-corrected chi connectivity index (χ4v) is 2.68. The molecule has 0 fully saturated rings. The van der Waals surface area contributed by atoms with Crippen LogP contribution in [0.15, 0.2) is 12.1 Å². The van der Waals surface area contributed by atoms with Crippen molar-refractivity contribution in [3.63, 3.8) is 0 Å². The summed E-state index contributed by atoms with van der Waals surface area (Å²) < 4.78 is 5.52. The van der Waals surface area contributed by atoms with Crippen molar-refractivity contribution in [1.29, 1.82) is 0 Å². The van der Waals surface area contributed by atoms with Crippen LogP contribution in [0.25, 0.3) is 0 Å². The van der Waals surface area contributed by atoms with E-state index in [2.05, 4.69) is 23.9 Å². The summed E-state index contributed by atoms with van der Waals surface area (Å²) in [7, 11) is 0. The molecule has 3 heteroatoms. The molecule has 0 saturated heterocycles. The Morgan fingerprint density at radius 3 is 2.58 bits per heavy atom. The summed E-state index contributed by atoms with van der Waals surface area (Å²) in [6.07, 6.45) is 6.14. The number of hydrogen-bond donors (Lipinski definition) is 1. The van der Waals surface area contributed by atoms with E-state index in [1.165, 1.54) is 24.8 Å². The molecule has 2 aliphatic rings. The molecule has 1 heterocycles. The van der Waals surface area contributed by atoms with Crippen molar-refractivity contribution in [2.75, 3.05) is 13.2 Å².